The first-order valence-electron chi connectivity index (χ1n) is 9.46. The van der Waals surface area contributed by atoms with Gasteiger partial charge in [-0.2, -0.15) is 0 Å². The molecule has 1 aliphatic heterocycles. The van der Waals surface area contributed by atoms with E-state index in [1.54, 1.807) is 6.20 Å². The van der Waals surface area contributed by atoms with Crippen LogP contribution in [-0.2, 0) is 0 Å². The number of aromatic nitrogens is 1. The molecule has 138 valence electrons. The van der Waals surface area contributed by atoms with Gasteiger partial charge >= 0.3 is 0 Å². The number of hydrogen-bond donors (Lipinski definition) is 2. The van der Waals surface area contributed by atoms with E-state index in [4.69, 9.17) is 0 Å². The first kappa shape index (κ1) is 18.4. The van der Waals surface area contributed by atoms with E-state index >= 15 is 0 Å². The number of carbonyl (C=O) groups excluding carboxylic acids is 1. The van der Waals surface area contributed by atoms with Crippen LogP contribution in [0.5, 0.6) is 0 Å². The summed E-state index contributed by atoms with van der Waals surface area (Å²) in [5, 5.41) is 6.31. The monoisotopic (exact) mass is 352 g/mol. The number of anilines is 1. The summed E-state index contributed by atoms with van der Waals surface area (Å²) in [4.78, 5) is 19.2. The van der Waals surface area contributed by atoms with Crippen molar-refractivity contribution in [2.45, 2.75) is 25.2 Å². The van der Waals surface area contributed by atoms with Crippen molar-refractivity contribution in [3.8, 4) is 0 Å². The number of benzene rings is 1. The van der Waals surface area contributed by atoms with Crippen molar-refractivity contribution in [2.24, 2.45) is 0 Å². The molecular formula is C21H28N4O. The molecule has 3 rings (SSSR count). The summed E-state index contributed by atoms with van der Waals surface area (Å²) in [5.41, 5.74) is 2.06. The number of likely N-dealkylation sites (tertiary alicyclic amines) is 1. The van der Waals surface area contributed by atoms with E-state index in [0.717, 1.165) is 51.3 Å². The molecule has 1 aromatic heterocycles. The molecule has 0 unspecified atom stereocenters. The molecule has 1 fully saturated rings. The summed E-state index contributed by atoms with van der Waals surface area (Å²) < 4.78 is 0. The Balaban J connectivity index is 1.58. The van der Waals surface area contributed by atoms with E-state index in [2.05, 4.69) is 45.9 Å². The van der Waals surface area contributed by atoms with Crippen LogP contribution >= 0.6 is 0 Å². The highest BCUT2D eigenvalue weighted by atomic mass is 16.2. The summed E-state index contributed by atoms with van der Waals surface area (Å²) in [6, 6.07) is 14.4. The van der Waals surface area contributed by atoms with Crippen molar-refractivity contribution < 1.29 is 4.79 Å². The third kappa shape index (κ3) is 4.82. The Bertz CT molecular complexity index is 687. The quantitative estimate of drug-likeness (QED) is 0.784. The van der Waals surface area contributed by atoms with Crippen LogP contribution in [0.3, 0.4) is 0 Å². The normalized spacial score (nSPS) is 17.6. The van der Waals surface area contributed by atoms with Gasteiger partial charge in [0.15, 0.2) is 0 Å². The van der Waals surface area contributed by atoms with Crippen LogP contribution in [-0.4, -0.2) is 49.0 Å². The van der Waals surface area contributed by atoms with Gasteiger partial charge in [0, 0.05) is 32.4 Å². The van der Waals surface area contributed by atoms with E-state index in [1.165, 1.54) is 5.56 Å². The number of nitrogens with zero attached hydrogens (tertiary/aromatic N) is 2. The second-order valence-corrected chi connectivity index (χ2v) is 6.79. The summed E-state index contributed by atoms with van der Waals surface area (Å²) in [7, 11) is 1.92. The molecule has 1 aromatic carbocycles. The van der Waals surface area contributed by atoms with Gasteiger partial charge in [-0.05, 0) is 49.9 Å². The van der Waals surface area contributed by atoms with Gasteiger partial charge in [0.2, 0.25) is 0 Å². The van der Waals surface area contributed by atoms with Crippen molar-refractivity contribution in [1.82, 2.24) is 15.2 Å². The molecule has 0 spiro atoms. The van der Waals surface area contributed by atoms with Crippen LogP contribution < -0.4 is 10.6 Å². The Labute approximate surface area is 155 Å². The Morgan fingerprint density at radius 1 is 1.12 bits per heavy atom. The van der Waals surface area contributed by atoms with E-state index in [-0.39, 0.29) is 5.91 Å². The van der Waals surface area contributed by atoms with E-state index in [0.29, 0.717) is 11.5 Å². The maximum Gasteiger partial charge on any atom is 0.255 e. The first-order chi connectivity index (χ1) is 12.8. The van der Waals surface area contributed by atoms with Gasteiger partial charge in [-0.25, -0.2) is 4.98 Å². The predicted octanol–water partition coefficient (Wildman–Crippen LogP) is 3.12. The third-order valence-corrected chi connectivity index (χ3v) is 4.98. The SMILES string of the molecule is CNCCNc1ccc(C(=O)N2CCC[C@@H](c3ccccc3)CC2)cn1. The smallest absolute Gasteiger partial charge is 0.255 e. The number of nitrogens with one attached hydrogen (secondary N) is 2. The fourth-order valence-corrected chi connectivity index (χ4v) is 3.48. The van der Waals surface area contributed by atoms with Crippen molar-refractivity contribution in [3.63, 3.8) is 0 Å². The number of likely N-dealkylation sites (N-methyl/N-ethyl adjacent to an activating group) is 1. The molecule has 0 aliphatic carbocycles. The van der Waals surface area contributed by atoms with Crippen LogP contribution in [0.4, 0.5) is 5.82 Å². The highest BCUT2D eigenvalue weighted by Crippen LogP contribution is 2.28. The molecule has 1 atom stereocenters. The molecule has 5 heteroatoms. The van der Waals surface area contributed by atoms with Crippen molar-refractivity contribution >= 4 is 11.7 Å². The molecule has 5 nitrogen and oxygen atoms in total. The van der Waals surface area contributed by atoms with E-state index in [9.17, 15) is 4.79 Å². The molecule has 0 saturated carbocycles. The molecule has 1 aliphatic rings. The zero-order chi connectivity index (χ0) is 18.2. The van der Waals surface area contributed by atoms with E-state index in [1.807, 2.05) is 24.1 Å². The summed E-state index contributed by atoms with van der Waals surface area (Å²) in [6.07, 6.45) is 4.89. The average Bonchev–Trinajstić information content (AvgIpc) is 2.95. The summed E-state index contributed by atoms with van der Waals surface area (Å²) in [6.45, 7) is 3.31. The zero-order valence-corrected chi connectivity index (χ0v) is 15.4. The fraction of sp³-hybridized carbons (Fsp3) is 0.429. The topological polar surface area (TPSA) is 57.3 Å². The van der Waals surface area contributed by atoms with Crippen molar-refractivity contribution in [2.75, 3.05) is 38.5 Å². The molecule has 2 heterocycles. The van der Waals surface area contributed by atoms with Gasteiger partial charge in [-0.1, -0.05) is 30.3 Å². The Morgan fingerprint density at radius 2 is 1.96 bits per heavy atom. The van der Waals surface area contributed by atoms with Crippen LogP contribution in [0.25, 0.3) is 0 Å². The maximum atomic E-state index is 12.8. The lowest BCUT2D eigenvalue weighted by molar-refractivity contribution is 0.0760. The lowest BCUT2D eigenvalue weighted by Crippen LogP contribution is -2.32. The Kier molecular flexibility index (Phi) is 6.61. The number of carbonyl (C=O) groups is 1. The fourth-order valence-electron chi connectivity index (χ4n) is 3.48. The highest BCUT2D eigenvalue weighted by Gasteiger charge is 2.22. The first-order valence-corrected chi connectivity index (χ1v) is 9.46. The minimum Gasteiger partial charge on any atom is -0.369 e. The molecule has 0 radical (unpaired) electrons. The number of amides is 1. The number of rotatable bonds is 6. The minimum absolute atomic E-state index is 0.0907. The summed E-state index contributed by atoms with van der Waals surface area (Å²) in [5.74, 6) is 1.44. The van der Waals surface area contributed by atoms with Gasteiger partial charge in [-0.3, -0.25) is 4.79 Å². The standard InChI is InChI=1S/C21H28N4O/c1-22-12-13-23-20-10-9-19(16-24-20)21(26)25-14-5-8-18(11-15-25)17-6-3-2-4-7-17/h2-4,6-7,9-10,16,18,22H,5,8,11-15H2,1H3,(H,23,24)/t18-/m1/s1. The highest BCUT2D eigenvalue weighted by molar-refractivity contribution is 5.94. The molecule has 0 bridgehead atoms. The molecule has 1 saturated heterocycles. The van der Waals surface area contributed by atoms with Crippen molar-refractivity contribution in [1.29, 1.82) is 0 Å². The molecule has 1 amide bonds. The van der Waals surface area contributed by atoms with Crippen LogP contribution in [0, 0.1) is 0 Å². The van der Waals surface area contributed by atoms with Crippen molar-refractivity contribution in [3.05, 3.63) is 59.8 Å². The van der Waals surface area contributed by atoms with E-state index < -0.39 is 0 Å². The third-order valence-electron chi connectivity index (χ3n) is 4.98. The van der Waals surface area contributed by atoms with Gasteiger partial charge in [0.1, 0.15) is 5.82 Å². The van der Waals surface area contributed by atoms with Gasteiger partial charge in [0.25, 0.3) is 5.91 Å². The Morgan fingerprint density at radius 3 is 2.69 bits per heavy atom. The second-order valence-electron chi connectivity index (χ2n) is 6.79. The number of hydrogen-bond acceptors (Lipinski definition) is 4. The van der Waals surface area contributed by atoms with Gasteiger partial charge in [0.05, 0.1) is 5.56 Å². The molecule has 2 N–H and O–H groups in total. The molecule has 2 aromatic rings. The van der Waals surface area contributed by atoms with Crippen LogP contribution in [0.1, 0.15) is 41.1 Å². The summed E-state index contributed by atoms with van der Waals surface area (Å²) >= 11 is 0. The van der Waals surface area contributed by atoms with Crippen LogP contribution in [0.2, 0.25) is 0 Å². The van der Waals surface area contributed by atoms with Crippen LogP contribution in [0.15, 0.2) is 48.7 Å². The lowest BCUT2D eigenvalue weighted by Gasteiger charge is -2.21. The lowest BCUT2D eigenvalue weighted by atomic mass is 9.92. The molecular weight excluding hydrogens is 324 g/mol. The maximum absolute atomic E-state index is 12.8. The number of pyridine rings is 1. The Hall–Kier alpha value is -2.40. The largest absolute Gasteiger partial charge is 0.369 e. The minimum atomic E-state index is 0.0907. The van der Waals surface area contributed by atoms with Gasteiger partial charge < -0.3 is 15.5 Å². The average molecular weight is 352 g/mol. The molecule has 26 heavy (non-hydrogen) atoms. The second kappa shape index (κ2) is 9.34. The zero-order valence-electron chi connectivity index (χ0n) is 15.4. The predicted molar refractivity (Wildman–Crippen MR) is 106 cm³/mol. The van der Waals surface area contributed by atoms with Gasteiger partial charge in [-0.15, -0.1) is 0 Å².